The molecule has 0 saturated heterocycles. The minimum absolute atomic E-state index is 0.270. The van der Waals surface area contributed by atoms with E-state index >= 15 is 0 Å². The Morgan fingerprint density at radius 3 is 2.02 bits per heavy atom. The van der Waals surface area contributed by atoms with Crippen LogP contribution in [-0.4, -0.2) is 20.7 Å². The summed E-state index contributed by atoms with van der Waals surface area (Å²) in [6, 6.07) is 0. The van der Waals surface area contributed by atoms with E-state index in [0.717, 1.165) is 101 Å². The summed E-state index contributed by atoms with van der Waals surface area (Å²) in [6.45, 7) is 0. The highest BCUT2D eigenvalue weighted by atomic mass is 15.0. The fourth-order valence-corrected chi connectivity index (χ4v) is 11.6. The molecule has 1 aliphatic heterocycles. The number of rotatable bonds is 8. The SMILES string of the molecule is C1=CCC(C2=CCC(c3nc(C4C=CC(C5C=CC=CC5)CC4)nc(C4CCC(C5=NC(C6=CCCC=C6)=CCC5C5=C6C=CCCC6CC=C5)CC4)n3)CC2)C=C1. The quantitative estimate of drug-likeness (QED) is 0.248. The van der Waals surface area contributed by atoms with Crippen molar-refractivity contribution in [3.8, 4) is 0 Å². The van der Waals surface area contributed by atoms with Gasteiger partial charge in [0.2, 0.25) is 0 Å². The second-order valence-corrected chi connectivity index (χ2v) is 18.6. The van der Waals surface area contributed by atoms with Gasteiger partial charge in [-0.2, -0.15) is 0 Å². The first-order valence-electron chi connectivity index (χ1n) is 23.3. The van der Waals surface area contributed by atoms with Crippen molar-refractivity contribution in [1.82, 2.24) is 15.0 Å². The van der Waals surface area contributed by atoms with Gasteiger partial charge in [0.15, 0.2) is 0 Å². The van der Waals surface area contributed by atoms with Gasteiger partial charge in [-0.05, 0) is 150 Å². The summed E-state index contributed by atoms with van der Waals surface area (Å²) in [7, 11) is 0. The average molecular weight is 767 g/mol. The highest BCUT2D eigenvalue weighted by Gasteiger charge is 2.37. The Morgan fingerprint density at radius 2 is 1.26 bits per heavy atom. The van der Waals surface area contributed by atoms with Crippen molar-refractivity contribution in [1.29, 1.82) is 0 Å². The minimum atomic E-state index is 0.270. The maximum absolute atomic E-state index is 5.65. The lowest BCUT2D eigenvalue weighted by Gasteiger charge is -2.37. The Bertz CT molecular complexity index is 2130. The lowest BCUT2D eigenvalue weighted by atomic mass is 9.70. The normalized spacial score (nSPS) is 34.4. The molecule has 4 heteroatoms. The Balaban J connectivity index is 0.915. The molecule has 0 bridgehead atoms. The van der Waals surface area contributed by atoms with E-state index < -0.39 is 0 Å². The molecule has 1 saturated carbocycles. The molecule has 1 aromatic heterocycles. The molecule has 0 amide bonds. The third-order valence-electron chi connectivity index (χ3n) is 15.1. The number of fused-ring (bicyclic) bond motifs is 1. The van der Waals surface area contributed by atoms with Crippen molar-refractivity contribution in [2.75, 3.05) is 0 Å². The fraction of sp³-hybridized carbons (Fsp3) is 0.481. The largest absolute Gasteiger partial charge is 0.257 e. The van der Waals surface area contributed by atoms with Crippen molar-refractivity contribution >= 4 is 5.71 Å². The maximum atomic E-state index is 5.65. The highest BCUT2D eigenvalue weighted by molar-refractivity contribution is 5.94. The summed E-state index contributed by atoms with van der Waals surface area (Å²) in [5.41, 5.74) is 8.70. The Hall–Kier alpha value is -4.44. The van der Waals surface area contributed by atoms with E-state index in [1.807, 2.05) is 0 Å². The Labute approximate surface area is 347 Å². The Kier molecular flexibility index (Phi) is 11.4. The zero-order valence-electron chi connectivity index (χ0n) is 34.5. The van der Waals surface area contributed by atoms with E-state index in [1.165, 1.54) is 42.7 Å². The molecule has 2 heterocycles. The van der Waals surface area contributed by atoms with Crippen molar-refractivity contribution in [3.63, 3.8) is 0 Å². The van der Waals surface area contributed by atoms with Gasteiger partial charge in [0.25, 0.3) is 0 Å². The van der Waals surface area contributed by atoms with Crippen LogP contribution in [0.4, 0.5) is 0 Å². The van der Waals surface area contributed by atoms with E-state index in [4.69, 9.17) is 19.9 Å². The predicted octanol–water partition coefficient (Wildman–Crippen LogP) is 13.5. The smallest absolute Gasteiger partial charge is 0.139 e. The number of allylic oxidation sites excluding steroid dienone is 22. The van der Waals surface area contributed by atoms with E-state index in [-0.39, 0.29) is 5.92 Å². The molecule has 1 fully saturated rings. The first-order chi connectivity index (χ1) is 28.7. The summed E-state index contributed by atoms with van der Waals surface area (Å²) >= 11 is 0. The van der Waals surface area contributed by atoms with Crippen LogP contribution in [0.25, 0.3) is 0 Å². The molecule has 0 radical (unpaired) electrons. The third-order valence-corrected chi connectivity index (χ3v) is 15.1. The summed E-state index contributed by atoms with van der Waals surface area (Å²) in [6.07, 6.45) is 64.4. The summed E-state index contributed by atoms with van der Waals surface area (Å²) in [5.74, 6) is 7.46. The zero-order valence-corrected chi connectivity index (χ0v) is 34.5. The molecular formula is C54H62N4. The highest BCUT2D eigenvalue weighted by Crippen LogP contribution is 2.45. The molecule has 0 aromatic carbocycles. The number of hydrogen-bond acceptors (Lipinski definition) is 4. The second-order valence-electron chi connectivity index (χ2n) is 18.6. The van der Waals surface area contributed by atoms with Gasteiger partial charge in [0.05, 0.1) is 5.70 Å². The molecular weight excluding hydrogens is 705 g/mol. The van der Waals surface area contributed by atoms with Gasteiger partial charge in [-0.15, -0.1) is 0 Å². The average Bonchev–Trinajstić information content (AvgIpc) is 3.32. The van der Waals surface area contributed by atoms with Gasteiger partial charge in [-0.1, -0.05) is 121 Å². The lowest BCUT2D eigenvalue weighted by molar-refractivity contribution is 0.367. The summed E-state index contributed by atoms with van der Waals surface area (Å²) < 4.78 is 0. The zero-order chi connectivity index (χ0) is 38.7. The number of hydrogen-bond donors (Lipinski definition) is 0. The van der Waals surface area contributed by atoms with Crippen molar-refractivity contribution in [2.24, 2.45) is 40.5 Å². The second kappa shape index (κ2) is 17.4. The van der Waals surface area contributed by atoms with Gasteiger partial charge in [0, 0.05) is 35.3 Å². The van der Waals surface area contributed by atoms with Crippen LogP contribution in [0.5, 0.6) is 0 Å². The van der Waals surface area contributed by atoms with Crippen LogP contribution in [0.2, 0.25) is 0 Å². The molecule has 7 atom stereocenters. The molecule has 0 spiro atoms. The maximum Gasteiger partial charge on any atom is 0.139 e. The van der Waals surface area contributed by atoms with Crippen molar-refractivity contribution in [3.05, 3.63) is 161 Å². The van der Waals surface area contributed by atoms with Gasteiger partial charge in [0.1, 0.15) is 17.5 Å². The molecule has 7 unspecified atom stereocenters. The van der Waals surface area contributed by atoms with Crippen LogP contribution in [0, 0.1) is 35.5 Å². The fourth-order valence-electron chi connectivity index (χ4n) is 11.6. The number of aliphatic imine (C=N–C) groups is 1. The molecule has 10 rings (SSSR count). The standard InChI is InChI=1S/C54H62N4/c1-4-13-37(14-5-1)39-23-29-44(30-24-39)52-56-53(45-31-25-40(26-32-45)38-15-6-2-7-16-38)58-54(57-52)46-33-27-43(28-34-46)51-49(35-36-50(55-51)42-18-8-3-9-19-42)48-22-12-20-41-17-10-11-21-47(41)48/h1-2,4-8,11-13,15,18-19,21-23,25,29,36-39,41,43-46,49H,3,9-10,14,16-17,20,24,26-28,30-35H2. The minimum Gasteiger partial charge on any atom is -0.257 e. The molecule has 298 valence electrons. The van der Waals surface area contributed by atoms with Gasteiger partial charge in [-0.25, -0.2) is 15.0 Å². The van der Waals surface area contributed by atoms with Gasteiger partial charge >= 0.3 is 0 Å². The first-order valence-corrected chi connectivity index (χ1v) is 23.3. The molecule has 9 aliphatic rings. The summed E-state index contributed by atoms with van der Waals surface area (Å²) in [5, 5.41) is 0. The van der Waals surface area contributed by atoms with Crippen LogP contribution in [-0.2, 0) is 0 Å². The van der Waals surface area contributed by atoms with Crippen molar-refractivity contribution < 1.29 is 0 Å². The van der Waals surface area contributed by atoms with Crippen LogP contribution in [0.1, 0.15) is 144 Å². The van der Waals surface area contributed by atoms with E-state index in [2.05, 4.69) is 115 Å². The van der Waals surface area contributed by atoms with Crippen LogP contribution < -0.4 is 0 Å². The molecule has 4 nitrogen and oxygen atoms in total. The van der Waals surface area contributed by atoms with Gasteiger partial charge < -0.3 is 0 Å². The monoisotopic (exact) mass is 766 g/mol. The van der Waals surface area contributed by atoms with Crippen LogP contribution >= 0.6 is 0 Å². The number of aromatic nitrogens is 3. The van der Waals surface area contributed by atoms with E-state index in [9.17, 15) is 0 Å². The van der Waals surface area contributed by atoms with Gasteiger partial charge in [-0.3, -0.25) is 4.99 Å². The molecule has 0 N–H and O–H groups in total. The molecule has 8 aliphatic carbocycles. The molecule has 58 heavy (non-hydrogen) atoms. The first kappa shape index (κ1) is 37.8. The molecule has 1 aromatic rings. The number of nitrogens with zero attached hydrogens (tertiary/aromatic N) is 4. The van der Waals surface area contributed by atoms with Crippen LogP contribution in [0.15, 0.2) is 148 Å². The van der Waals surface area contributed by atoms with E-state index in [0.29, 0.717) is 47.3 Å². The van der Waals surface area contributed by atoms with Crippen LogP contribution in [0.3, 0.4) is 0 Å². The third kappa shape index (κ3) is 8.10. The summed E-state index contributed by atoms with van der Waals surface area (Å²) in [4.78, 5) is 21.9. The topological polar surface area (TPSA) is 51.0 Å². The van der Waals surface area contributed by atoms with Crippen molar-refractivity contribution in [2.45, 2.75) is 127 Å². The Morgan fingerprint density at radius 1 is 0.448 bits per heavy atom. The predicted molar refractivity (Wildman–Crippen MR) is 239 cm³/mol. The lowest BCUT2D eigenvalue weighted by Crippen LogP contribution is -2.32. The van der Waals surface area contributed by atoms with E-state index in [1.54, 1.807) is 16.7 Å².